The third kappa shape index (κ3) is 1.47. The van der Waals surface area contributed by atoms with E-state index >= 15 is 0 Å². The van der Waals surface area contributed by atoms with E-state index < -0.39 is 0 Å². The molecule has 17 heavy (non-hydrogen) atoms. The second-order valence-electron chi connectivity index (χ2n) is 5.13. The number of anilines is 1. The Morgan fingerprint density at radius 1 is 1.12 bits per heavy atom. The molecule has 2 heterocycles. The van der Waals surface area contributed by atoms with Gasteiger partial charge < -0.3 is 5.73 Å². The van der Waals surface area contributed by atoms with Gasteiger partial charge in [-0.3, -0.25) is 0 Å². The molecule has 0 aromatic carbocycles. The van der Waals surface area contributed by atoms with Gasteiger partial charge in [0.15, 0.2) is 0 Å². The van der Waals surface area contributed by atoms with Gasteiger partial charge >= 0.3 is 0 Å². The van der Waals surface area contributed by atoms with Crippen LogP contribution in [-0.2, 0) is 12.8 Å². The number of fused-ring (bicyclic) bond motifs is 3. The van der Waals surface area contributed by atoms with E-state index in [4.69, 9.17) is 10.7 Å². The molecule has 1 fully saturated rings. The molecule has 4 heteroatoms. The number of thiophene rings is 1. The summed E-state index contributed by atoms with van der Waals surface area (Å²) in [5.74, 6) is 2.28. The van der Waals surface area contributed by atoms with Gasteiger partial charge in [-0.1, -0.05) is 0 Å². The molecule has 0 radical (unpaired) electrons. The van der Waals surface area contributed by atoms with Gasteiger partial charge in [-0.05, 0) is 44.1 Å². The van der Waals surface area contributed by atoms with Crippen molar-refractivity contribution in [2.24, 2.45) is 0 Å². The number of nitrogens with two attached hydrogens (primary N) is 1. The minimum Gasteiger partial charge on any atom is -0.383 e. The van der Waals surface area contributed by atoms with Crippen molar-refractivity contribution >= 4 is 27.4 Å². The van der Waals surface area contributed by atoms with Crippen molar-refractivity contribution in [3.05, 3.63) is 16.3 Å². The Labute approximate surface area is 104 Å². The van der Waals surface area contributed by atoms with Crippen LogP contribution in [0.2, 0.25) is 0 Å². The van der Waals surface area contributed by atoms with E-state index in [9.17, 15) is 0 Å². The summed E-state index contributed by atoms with van der Waals surface area (Å²) in [6.45, 7) is 0. The maximum absolute atomic E-state index is 6.15. The van der Waals surface area contributed by atoms with E-state index in [1.54, 1.807) is 0 Å². The first-order valence-corrected chi connectivity index (χ1v) is 7.22. The quantitative estimate of drug-likeness (QED) is 0.840. The fraction of sp³-hybridized carbons (Fsp3) is 0.538. The Kier molecular flexibility index (Phi) is 1.98. The van der Waals surface area contributed by atoms with E-state index in [0.717, 1.165) is 28.3 Å². The molecule has 0 bridgehead atoms. The van der Waals surface area contributed by atoms with E-state index in [-0.39, 0.29) is 0 Å². The number of hydrogen-bond acceptors (Lipinski definition) is 4. The number of nitrogen functional groups attached to an aromatic ring is 1. The average molecular weight is 245 g/mol. The monoisotopic (exact) mass is 245 g/mol. The molecule has 2 N–H and O–H groups in total. The van der Waals surface area contributed by atoms with Crippen molar-refractivity contribution in [2.45, 2.75) is 44.4 Å². The molecule has 0 spiro atoms. The van der Waals surface area contributed by atoms with Gasteiger partial charge in [0.05, 0.1) is 5.39 Å². The molecule has 0 amide bonds. The third-order valence-corrected chi connectivity index (χ3v) is 4.99. The summed E-state index contributed by atoms with van der Waals surface area (Å²) >= 11 is 1.84. The number of hydrogen-bond donors (Lipinski definition) is 1. The molecule has 2 aromatic rings. The minimum absolute atomic E-state index is 0.584. The molecule has 2 aliphatic rings. The van der Waals surface area contributed by atoms with Gasteiger partial charge in [-0.2, -0.15) is 0 Å². The largest absolute Gasteiger partial charge is 0.383 e. The molecular formula is C13H15N3S. The van der Waals surface area contributed by atoms with Crippen LogP contribution in [0.1, 0.15) is 47.9 Å². The third-order valence-electron chi connectivity index (χ3n) is 3.80. The second kappa shape index (κ2) is 3.42. The Hall–Kier alpha value is -1.16. The van der Waals surface area contributed by atoms with Gasteiger partial charge in [0.25, 0.3) is 0 Å². The number of aryl methyl sites for hydroxylation is 2. The molecule has 4 rings (SSSR count). The van der Waals surface area contributed by atoms with Gasteiger partial charge in [-0.15, -0.1) is 11.3 Å². The Bertz CT molecular complexity index is 598. The molecule has 3 nitrogen and oxygen atoms in total. The summed E-state index contributed by atoms with van der Waals surface area (Å²) in [4.78, 5) is 11.9. The van der Waals surface area contributed by atoms with E-state index in [1.807, 2.05) is 11.3 Å². The van der Waals surface area contributed by atoms with Crippen molar-refractivity contribution in [3.63, 3.8) is 0 Å². The van der Waals surface area contributed by atoms with Crippen molar-refractivity contribution in [1.29, 1.82) is 0 Å². The fourth-order valence-corrected chi connectivity index (χ4v) is 4.00. The average Bonchev–Trinajstić information content (AvgIpc) is 3.09. The topological polar surface area (TPSA) is 51.8 Å². The normalized spacial score (nSPS) is 19.5. The summed E-state index contributed by atoms with van der Waals surface area (Å²) < 4.78 is 0. The molecule has 2 aliphatic carbocycles. The highest BCUT2D eigenvalue weighted by atomic mass is 32.1. The minimum atomic E-state index is 0.584. The van der Waals surface area contributed by atoms with Crippen LogP contribution in [0, 0.1) is 0 Å². The smallest absolute Gasteiger partial charge is 0.136 e. The molecule has 1 saturated carbocycles. The lowest BCUT2D eigenvalue weighted by atomic mass is 9.97. The zero-order chi connectivity index (χ0) is 11.4. The number of aromatic nitrogens is 2. The second-order valence-corrected chi connectivity index (χ2v) is 6.22. The Morgan fingerprint density at radius 3 is 2.76 bits per heavy atom. The van der Waals surface area contributed by atoms with Gasteiger partial charge in [0.1, 0.15) is 16.5 Å². The SMILES string of the molecule is Nc1nc(C2CC2)nc2sc3c(c12)CCCC3. The molecule has 0 atom stereocenters. The highest BCUT2D eigenvalue weighted by Crippen LogP contribution is 2.42. The van der Waals surface area contributed by atoms with Crippen LogP contribution < -0.4 is 5.73 Å². The van der Waals surface area contributed by atoms with Crippen molar-refractivity contribution in [3.8, 4) is 0 Å². The van der Waals surface area contributed by atoms with Gasteiger partial charge in [0.2, 0.25) is 0 Å². The molecule has 2 aromatic heterocycles. The number of rotatable bonds is 1. The van der Waals surface area contributed by atoms with Crippen LogP contribution in [0.15, 0.2) is 0 Å². The van der Waals surface area contributed by atoms with Gasteiger partial charge in [-0.25, -0.2) is 9.97 Å². The lowest BCUT2D eigenvalue weighted by Gasteiger charge is -2.10. The lowest BCUT2D eigenvalue weighted by molar-refractivity contribution is 0.700. The number of nitrogens with zero attached hydrogens (tertiary/aromatic N) is 2. The predicted octanol–water partition coefficient (Wildman–Crippen LogP) is 3.03. The standard InChI is InChI=1S/C13H15N3S/c14-11-10-8-3-1-2-4-9(8)17-13(10)16-12(15-11)7-5-6-7/h7H,1-6H2,(H2,14,15,16). The zero-order valence-electron chi connectivity index (χ0n) is 9.70. The van der Waals surface area contributed by atoms with Gasteiger partial charge in [0, 0.05) is 10.8 Å². The molecular weight excluding hydrogens is 230 g/mol. The summed E-state index contributed by atoms with van der Waals surface area (Å²) in [5, 5.41) is 1.16. The van der Waals surface area contributed by atoms with Crippen molar-refractivity contribution in [1.82, 2.24) is 9.97 Å². The highest BCUT2D eigenvalue weighted by Gasteiger charge is 2.28. The first-order chi connectivity index (χ1) is 8.33. The first kappa shape index (κ1) is 9.83. The van der Waals surface area contributed by atoms with Crippen LogP contribution in [0.4, 0.5) is 5.82 Å². The molecule has 0 aliphatic heterocycles. The van der Waals surface area contributed by atoms with E-state index in [0.29, 0.717) is 5.92 Å². The maximum Gasteiger partial charge on any atom is 0.136 e. The first-order valence-electron chi connectivity index (χ1n) is 6.40. The highest BCUT2D eigenvalue weighted by molar-refractivity contribution is 7.19. The molecule has 88 valence electrons. The van der Waals surface area contributed by atoms with Crippen molar-refractivity contribution in [2.75, 3.05) is 5.73 Å². The molecule has 0 saturated heterocycles. The summed E-state index contributed by atoms with van der Waals surface area (Å²) in [5.41, 5.74) is 7.59. The zero-order valence-corrected chi connectivity index (χ0v) is 10.5. The van der Waals surface area contributed by atoms with Crippen LogP contribution in [0.5, 0.6) is 0 Å². The molecule has 0 unspecified atom stereocenters. The predicted molar refractivity (Wildman–Crippen MR) is 70.4 cm³/mol. The van der Waals surface area contributed by atoms with Crippen LogP contribution in [0.3, 0.4) is 0 Å². The summed E-state index contributed by atoms with van der Waals surface area (Å²) in [6, 6.07) is 0. The van der Waals surface area contributed by atoms with Crippen LogP contribution in [0.25, 0.3) is 10.2 Å². The lowest BCUT2D eigenvalue weighted by Crippen LogP contribution is -2.02. The van der Waals surface area contributed by atoms with E-state index in [1.165, 1.54) is 42.5 Å². The van der Waals surface area contributed by atoms with E-state index in [2.05, 4.69) is 4.98 Å². The van der Waals surface area contributed by atoms with Crippen LogP contribution >= 0.6 is 11.3 Å². The summed E-state index contributed by atoms with van der Waals surface area (Å²) in [7, 11) is 0. The fourth-order valence-electron chi connectivity index (χ4n) is 2.73. The summed E-state index contributed by atoms with van der Waals surface area (Å²) in [6.07, 6.45) is 7.41. The van der Waals surface area contributed by atoms with Crippen molar-refractivity contribution < 1.29 is 0 Å². The Balaban J connectivity index is 1.97. The van der Waals surface area contributed by atoms with Crippen LogP contribution in [-0.4, -0.2) is 9.97 Å². The maximum atomic E-state index is 6.15. The Morgan fingerprint density at radius 2 is 1.94 bits per heavy atom.